The quantitative estimate of drug-likeness (QED) is 0.823. The summed E-state index contributed by atoms with van der Waals surface area (Å²) in [6.07, 6.45) is 0. The molecule has 0 aromatic heterocycles. The second-order valence-corrected chi connectivity index (χ2v) is 4.87. The van der Waals surface area contributed by atoms with Gasteiger partial charge in [-0.1, -0.05) is 29.8 Å². The average Bonchev–Trinajstić information content (AvgIpc) is 2.53. The van der Waals surface area contributed by atoms with Crippen LogP contribution in [-0.4, -0.2) is 25.1 Å². The van der Waals surface area contributed by atoms with Gasteiger partial charge in [0.15, 0.2) is 13.2 Å². The number of para-hydroxylation sites is 1. The highest BCUT2D eigenvalue weighted by atomic mass is 35.5. The molecule has 2 aromatic carbocycles. The molecule has 0 unspecified atom stereocenters. The summed E-state index contributed by atoms with van der Waals surface area (Å²) in [5, 5.41) is 2.77. The third-order valence-corrected chi connectivity index (χ3v) is 2.90. The van der Waals surface area contributed by atoms with Crippen LogP contribution in [0.2, 0.25) is 5.02 Å². The number of halogens is 2. The van der Waals surface area contributed by atoms with Gasteiger partial charge in [0.05, 0.1) is 5.69 Å². The highest BCUT2D eigenvalue weighted by molar-refractivity contribution is 6.30. The van der Waals surface area contributed by atoms with Crippen LogP contribution in [0.3, 0.4) is 0 Å². The molecule has 1 N–H and O–H groups in total. The third-order valence-electron chi connectivity index (χ3n) is 2.66. The molecule has 120 valence electrons. The van der Waals surface area contributed by atoms with Crippen molar-refractivity contribution in [3.8, 4) is 5.75 Å². The summed E-state index contributed by atoms with van der Waals surface area (Å²) in [4.78, 5) is 23.1. The molecule has 23 heavy (non-hydrogen) atoms. The smallest absolute Gasteiger partial charge is 0.344 e. The Hall–Kier alpha value is -2.60. The largest absolute Gasteiger partial charge is 0.482 e. The number of rotatable bonds is 6. The van der Waals surface area contributed by atoms with E-state index in [0.29, 0.717) is 10.8 Å². The molecule has 0 atom stereocenters. The molecule has 5 nitrogen and oxygen atoms in total. The van der Waals surface area contributed by atoms with Crippen molar-refractivity contribution in [3.63, 3.8) is 0 Å². The van der Waals surface area contributed by atoms with E-state index in [9.17, 15) is 14.0 Å². The molecular weight excluding hydrogens is 325 g/mol. The molecule has 0 heterocycles. The van der Waals surface area contributed by atoms with Gasteiger partial charge in [0.25, 0.3) is 5.91 Å². The van der Waals surface area contributed by atoms with E-state index in [1.54, 1.807) is 30.3 Å². The number of nitrogens with one attached hydrogen (secondary N) is 1. The van der Waals surface area contributed by atoms with Crippen LogP contribution in [0.25, 0.3) is 0 Å². The van der Waals surface area contributed by atoms with Crippen LogP contribution >= 0.6 is 11.6 Å². The van der Waals surface area contributed by atoms with Gasteiger partial charge in [-0.15, -0.1) is 0 Å². The van der Waals surface area contributed by atoms with Gasteiger partial charge in [-0.05, 0) is 30.3 Å². The maximum absolute atomic E-state index is 13.3. The zero-order valence-corrected chi connectivity index (χ0v) is 12.7. The van der Waals surface area contributed by atoms with Crippen molar-refractivity contribution in [1.29, 1.82) is 0 Å². The minimum absolute atomic E-state index is 0.0173. The van der Waals surface area contributed by atoms with Gasteiger partial charge < -0.3 is 14.8 Å². The van der Waals surface area contributed by atoms with Gasteiger partial charge in [0.2, 0.25) is 0 Å². The van der Waals surface area contributed by atoms with Crippen molar-refractivity contribution in [3.05, 3.63) is 59.4 Å². The molecular formula is C16H13ClFNO4. The summed E-state index contributed by atoms with van der Waals surface area (Å²) in [6.45, 7) is -0.903. The zero-order valence-electron chi connectivity index (χ0n) is 11.9. The van der Waals surface area contributed by atoms with Crippen molar-refractivity contribution in [2.75, 3.05) is 18.5 Å². The lowest BCUT2D eigenvalue weighted by atomic mass is 10.3. The van der Waals surface area contributed by atoms with Crippen LogP contribution in [-0.2, 0) is 14.3 Å². The van der Waals surface area contributed by atoms with Crippen LogP contribution in [0.5, 0.6) is 5.75 Å². The number of amides is 1. The van der Waals surface area contributed by atoms with Crippen molar-refractivity contribution in [2.24, 2.45) is 0 Å². The first-order valence-corrected chi connectivity index (χ1v) is 7.01. The second-order valence-electron chi connectivity index (χ2n) is 4.43. The van der Waals surface area contributed by atoms with Crippen molar-refractivity contribution >= 4 is 29.2 Å². The first kappa shape index (κ1) is 16.8. The zero-order chi connectivity index (χ0) is 16.7. The Labute approximate surface area is 137 Å². The standard InChI is InChI=1S/C16H13ClFNO4/c17-11-4-3-5-12(8-11)22-10-16(21)23-9-15(20)19-14-7-2-1-6-13(14)18/h1-8H,9-10H2,(H,19,20). The average molecular weight is 338 g/mol. The van der Waals surface area contributed by atoms with E-state index in [4.69, 9.17) is 21.1 Å². The Morgan fingerprint density at radius 1 is 1.09 bits per heavy atom. The maximum Gasteiger partial charge on any atom is 0.344 e. The van der Waals surface area contributed by atoms with Crippen LogP contribution in [0.4, 0.5) is 10.1 Å². The van der Waals surface area contributed by atoms with E-state index in [-0.39, 0.29) is 12.3 Å². The fourth-order valence-electron chi connectivity index (χ4n) is 1.64. The molecule has 0 radical (unpaired) electrons. The number of anilines is 1. The number of benzene rings is 2. The molecule has 0 aliphatic heterocycles. The number of esters is 1. The Morgan fingerprint density at radius 3 is 2.61 bits per heavy atom. The molecule has 0 aliphatic carbocycles. The summed E-state index contributed by atoms with van der Waals surface area (Å²) in [5.74, 6) is -1.54. The lowest BCUT2D eigenvalue weighted by Crippen LogP contribution is -2.24. The van der Waals surface area contributed by atoms with E-state index < -0.39 is 24.3 Å². The van der Waals surface area contributed by atoms with E-state index in [2.05, 4.69) is 5.32 Å². The molecule has 1 amide bonds. The summed E-state index contributed by atoms with van der Waals surface area (Å²) >= 11 is 5.77. The highest BCUT2D eigenvalue weighted by Gasteiger charge is 2.10. The first-order chi connectivity index (χ1) is 11.0. The summed E-state index contributed by atoms with van der Waals surface area (Å²) in [6, 6.07) is 12.2. The van der Waals surface area contributed by atoms with Crippen molar-refractivity contribution in [1.82, 2.24) is 0 Å². The molecule has 0 fully saturated rings. The Bertz CT molecular complexity index is 708. The summed E-state index contributed by atoms with van der Waals surface area (Å²) in [7, 11) is 0. The van der Waals surface area contributed by atoms with Gasteiger partial charge >= 0.3 is 5.97 Å². The van der Waals surface area contributed by atoms with Crippen molar-refractivity contribution < 1.29 is 23.5 Å². The normalized spacial score (nSPS) is 10.0. The minimum atomic E-state index is -0.728. The summed E-state index contributed by atoms with van der Waals surface area (Å²) < 4.78 is 23.2. The van der Waals surface area contributed by atoms with Crippen LogP contribution < -0.4 is 10.1 Å². The van der Waals surface area contributed by atoms with Crippen LogP contribution in [0.15, 0.2) is 48.5 Å². The molecule has 7 heteroatoms. The van der Waals surface area contributed by atoms with E-state index >= 15 is 0 Å². The molecule has 0 spiro atoms. The lowest BCUT2D eigenvalue weighted by molar-refractivity contribution is -0.149. The second kappa shape index (κ2) is 8.14. The summed E-state index contributed by atoms with van der Waals surface area (Å²) in [5.41, 5.74) is 0.0173. The van der Waals surface area contributed by atoms with Gasteiger partial charge in [-0.25, -0.2) is 9.18 Å². The van der Waals surface area contributed by atoms with Crippen molar-refractivity contribution in [2.45, 2.75) is 0 Å². The number of carbonyl (C=O) groups excluding carboxylic acids is 2. The molecule has 0 aliphatic rings. The minimum Gasteiger partial charge on any atom is -0.482 e. The fraction of sp³-hybridized carbons (Fsp3) is 0.125. The molecule has 0 saturated heterocycles. The van der Waals surface area contributed by atoms with Gasteiger partial charge in [-0.3, -0.25) is 4.79 Å². The molecule has 0 saturated carbocycles. The fourth-order valence-corrected chi connectivity index (χ4v) is 1.82. The first-order valence-electron chi connectivity index (χ1n) is 6.63. The van der Waals surface area contributed by atoms with Crippen LogP contribution in [0, 0.1) is 5.82 Å². The third kappa shape index (κ3) is 5.60. The van der Waals surface area contributed by atoms with Gasteiger partial charge in [0, 0.05) is 5.02 Å². The number of hydrogen-bond donors (Lipinski definition) is 1. The van der Waals surface area contributed by atoms with E-state index in [1.807, 2.05) is 0 Å². The number of ether oxygens (including phenoxy) is 2. The number of carbonyl (C=O) groups is 2. The Morgan fingerprint density at radius 2 is 1.87 bits per heavy atom. The van der Waals surface area contributed by atoms with Gasteiger partial charge in [-0.2, -0.15) is 0 Å². The molecule has 2 aromatic rings. The topological polar surface area (TPSA) is 64.6 Å². The molecule has 0 bridgehead atoms. The predicted octanol–water partition coefficient (Wildman–Crippen LogP) is 3.04. The number of hydrogen-bond acceptors (Lipinski definition) is 4. The molecule has 2 rings (SSSR count). The lowest BCUT2D eigenvalue weighted by Gasteiger charge is -2.08. The van der Waals surface area contributed by atoms with Gasteiger partial charge in [0.1, 0.15) is 11.6 Å². The predicted molar refractivity (Wildman–Crippen MR) is 82.9 cm³/mol. The highest BCUT2D eigenvalue weighted by Crippen LogP contribution is 2.17. The van der Waals surface area contributed by atoms with E-state index in [0.717, 1.165) is 0 Å². The Kier molecular flexibility index (Phi) is 5.94. The SMILES string of the molecule is O=C(COC(=O)COc1cccc(Cl)c1)Nc1ccccc1F. The van der Waals surface area contributed by atoms with Crippen LogP contribution in [0.1, 0.15) is 0 Å². The monoisotopic (exact) mass is 337 g/mol. The Balaban J connectivity index is 1.74. The maximum atomic E-state index is 13.3. The van der Waals surface area contributed by atoms with E-state index in [1.165, 1.54) is 18.2 Å².